The van der Waals surface area contributed by atoms with Crippen molar-refractivity contribution in [1.29, 1.82) is 0 Å². The van der Waals surface area contributed by atoms with Crippen LogP contribution in [0.25, 0.3) is 0 Å². The van der Waals surface area contributed by atoms with Gasteiger partial charge >= 0.3 is 19.5 Å². The zero-order valence-corrected chi connectivity index (χ0v) is 19.8. The summed E-state index contributed by atoms with van der Waals surface area (Å²) < 4.78 is 0. The Labute approximate surface area is 176 Å². The molecule has 4 aliphatic rings. The van der Waals surface area contributed by atoms with Gasteiger partial charge in [-0.15, -0.1) is 0 Å². The third kappa shape index (κ3) is 6.73. The first-order valence-electron chi connectivity index (χ1n) is 7.56. The zero-order valence-electron chi connectivity index (χ0n) is 14.0. The van der Waals surface area contributed by atoms with Crippen molar-refractivity contribution in [2.45, 2.75) is 26.7 Å². The first-order valence-corrected chi connectivity index (χ1v) is 9.46. The minimum Gasteiger partial charge on any atom is -1.00 e. The fourth-order valence-corrected chi connectivity index (χ4v) is 5.69. The Bertz CT molecular complexity index is 403. The molecule has 0 atom stereocenters. The Morgan fingerprint density at radius 2 is 1.22 bits per heavy atom. The molecule has 0 unspecified atom stereocenters. The fraction of sp³-hybridized carbons (Fsp3) is 0.625. The Morgan fingerprint density at radius 3 is 1.52 bits per heavy atom. The van der Waals surface area contributed by atoms with Crippen molar-refractivity contribution in [3.8, 4) is 0 Å². The maximum absolute atomic E-state index is 2.57. The molecule has 4 fully saturated rings. The molecule has 4 aliphatic heterocycles. The zero-order chi connectivity index (χ0) is 14.1. The van der Waals surface area contributed by atoms with E-state index in [0.29, 0.717) is 13.8 Å². The average Bonchev–Trinajstić information content (AvgIpc) is 2.38. The van der Waals surface area contributed by atoms with Crippen LogP contribution >= 0.6 is 7.92 Å². The van der Waals surface area contributed by atoms with Gasteiger partial charge in [0.15, 0.2) is 0 Å². The number of rotatable bonds is 1. The van der Waals surface area contributed by atoms with Gasteiger partial charge in [0, 0.05) is 18.9 Å². The molecule has 0 radical (unpaired) electrons. The molecule has 0 aliphatic carbocycles. The van der Waals surface area contributed by atoms with Gasteiger partial charge in [-0.05, 0) is 18.4 Å². The van der Waals surface area contributed by atoms with Crippen LogP contribution in [0.1, 0.15) is 30.9 Å². The van der Waals surface area contributed by atoms with E-state index in [0.717, 1.165) is 0 Å². The van der Waals surface area contributed by atoms with Crippen molar-refractivity contribution >= 4 is 7.92 Å². The first kappa shape index (κ1) is 24.1. The Balaban J connectivity index is 0.000000372. The van der Waals surface area contributed by atoms with Gasteiger partial charge in [0.25, 0.3) is 0 Å². The standard InChI is InChI=1S/C10H14.C6H12N3P.2BrH.Ru/c1-8(2)10-6-4-9(3)5-7-10;1-7-2-9-3-8(1)5-10(4-7)6-9;;;/h4-8H,1-3H3;1-6H2;2*1H;/q;;;;+2/p-2. The van der Waals surface area contributed by atoms with Crippen LogP contribution in [-0.2, 0) is 19.5 Å². The average molecular weight is 552 g/mol. The van der Waals surface area contributed by atoms with Gasteiger partial charge in [0.05, 0.1) is 20.0 Å². The van der Waals surface area contributed by atoms with Crippen LogP contribution in [0.3, 0.4) is 0 Å². The molecular weight excluding hydrogens is 526 g/mol. The molecule has 1 aromatic rings. The molecule has 4 bridgehead atoms. The van der Waals surface area contributed by atoms with Gasteiger partial charge in [-0.1, -0.05) is 51.6 Å². The number of hydrogen-bond donors (Lipinski definition) is 0. The topological polar surface area (TPSA) is 9.72 Å². The number of nitrogens with zero attached hydrogens (tertiary/aromatic N) is 3. The van der Waals surface area contributed by atoms with Crippen molar-refractivity contribution in [1.82, 2.24) is 14.7 Å². The molecule has 7 heteroatoms. The summed E-state index contributed by atoms with van der Waals surface area (Å²) in [4.78, 5) is 7.71. The van der Waals surface area contributed by atoms with E-state index in [-0.39, 0.29) is 53.4 Å². The number of hydrogen-bond acceptors (Lipinski definition) is 3. The Hall–Kier alpha value is 1.11. The Kier molecular flexibility index (Phi) is 11.5. The second-order valence-electron chi connectivity index (χ2n) is 6.60. The van der Waals surface area contributed by atoms with E-state index in [1.54, 1.807) is 0 Å². The molecule has 23 heavy (non-hydrogen) atoms. The van der Waals surface area contributed by atoms with Crippen LogP contribution in [0.5, 0.6) is 0 Å². The van der Waals surface area contributed by atoms with Crippen LogP contribution in [0.2, 0.25) is 0 Å². The van der Waals surface area contributed by atoms with Crippen LogP contribution in [0.4, 0.5) is 0 Å². The first-order chi connectivity index (χ1) is 9.60. The molecule has 4 heterocycles. The van der Waals surface area contributed by atoms with E-state index >= 15 is 0 Å². The summed E-state index contributed by atoms with van der Waals surface area (Å²) in [7, 11) is 0.366. The van der Waals surface area contributed by atoms with Crippen molar-refractivity contribution in [3.63, 3.8) is 0 Å². The molecule has 0 N–H and O–H groups in total. The number of aryl methyl sites for hydroxylation is 1. The van der Waals surface area contributed by atoms with E-state index in [1.165, 1.54) is 50.0 Å². The molecule has 1 aromatic carbocycles. The second-order valence-corrected chi connectivity index (χ2v) is 8.79. The van der Waals surface area contributed by atoms with Gasteiger partial charge in [-0.25, -0.2) is 0 Å². The summed E-state index contributed by atoms with van der Waals surface area (Å²) in [5.41, 5.74) is 2.76. The summed E-state index contributed by atoms with van der Waals surface area (Å²) in [6.07, 6.45) is 4.26. The fourth-order valence-electron chi connectivity index (χ4n) is 3.19. The largest absolute Gasteiger partial charge is 2.00 e. The second kappa shape index (κ2) is 11.0. The minimum atomic E-state index is 0. The van der Waals surface area contributed by atoms with Gasteiger partial charge in [0.1, 0.15) is 0 Å². The monoisotopic (exact) mass is 551 g/mol. The van der Waals surface area contributed by atoms with E-state index in [9.17, 15) is 0 Å². The SMILES string of the molecule is C1N2CN3CN1CP(C2)C3.Cc1ccc(C(C)C)cc1.[Br-].[Br-].[Ru+2]. The van der Waals surface area contributed by atoms with Gasteiger partial charge in [-0.2, -0.15) is 0 Å². The van der Waals surface area contributed by atoms with Gasteiger partial charge in [-0.3, -0.25) is 14.7 Å². The molecule has 4 saturated heterocycles. The predicted molar refractivity (Wildman–Crippen MR) is 86.9 cm³/mol. The smallest absolute Gasteiger partial charge is 1.00 e. The van der Waals surface area contributed by atoms with E-state index < -0.39 is 0 Å². The van der Waals surface area contributed by atoms with Crippen molar-refractivity contribution in [3.05, 3.63) is 35.4 Å². The van der Waals surface area contributed by atoms with E-state index in [4.69, 9.17) is 0 Å². The number of halogens is 2. The third-order valence-corrected chi connectivity index (χ3v) is 6.54. The molecule has 0 amide bonds. The predicted octanol–water partition coefficient (Wildman–Crippen LogP) is -2.72. The maximum atomic E-state index is 2.57. The summed E-state index contributed by atoms with van der Waals surface area (Å²) in [6, 6.07) is 8.71. The summed E-state index contributed by atoms with van der Waals surface area (Å²) in [6.45, 7) is 10.3. The summed E-state index contributed by atoms with van der Waals surface area (Å²) in [5.74, 6) is 0.653. The van der Waals surface area contributed by atoms with E-state index in [1.807, 2.05) is 0 Å². The third-order valence-electron chi connectivity index (χ3n) is 4.14. The molecular formula is C16H26Br2N3PRu. The normalized spacial score (nSPS) is 29.6. The molecule has 0 saturated carbocycles. The molecule has 0 aromatic heterocycles. The van der Waals surface area contributed by atoms with E-state index in [2.05, 4.69) is 59.7 Å². The molecule has 5 rings (SSSR count). The molecule has 3 nitrogen and oxygen atoms in total. The van der Waals surface area contributed by atoms with Crippen LogP contribution in [0, 0.1) is 6.92 Å². The van der Waals surface area contributed by atoms with Crippen LogP contribution in [0.15, 0.2) is 24.3 Å². The quantitative estimate of drug-likeness (QED) is 0.278. The van der Waals surface area contributed by atoms with Crippen molar-refractivity contribution in [2.24, 2.45) is 0 Å². The van der Waals surface area contributed by atoms with Crippen LogP contribution < -0.4 is 34.0 Å². The molecule has 132 valence electrons. The number of benzene rings is 1. The summed E-state index contributed by atoms with van der Waals surface area (Å²) >= 11 is 0. The minimum absolute atomic E-state index is 0. The summed E-state index contributed by atoms with van der Waals surface area (Å²) in [5, 5.41) is 0. The molecule has 0 spiro atoms. The maximum Gasteiger partial charge on any atom is 2.00 e. The van der Waals surface area contributed by atoms with Crippen molar-refractivity contribution < 1.29 is 53.4 Å². The van der Waals surface area contributed by atoms with Gasteiger partial charge < -0.3 is 34.0 Å². The van der Waals surface area contributed by atoms with Crippen molar-refractivity contribution in [2.75, 3.05) is 38.9 Å². The Morgan fingerprint density at radius 1 is 0.826 bits per heavy atom. The van der Waals surface area contributed by atoms with Gasteiger partial charge in [0.2, 0.25) is 0 Å². The van der Waals surface area contributed by atoms with Crippen LogP contribution in [-0.4, -0.2) is 53.6 Å².